The topological polar surface area (TPSA) is 116 Å². The third-order valence-electron chi connectivity index (χ3n) is 3.97. The van der Waals surface area contributed by atoms with Gasteiger partial charge in [-0.2, -0.15) is 5.26 Å². The van der Waals surface area contributed by atoms with E-state index in [9.17, 15) is 9.59 Å². The van der Waals surface area contributed by atoms with Gasteiger partial charge in [-0.3, -0.25) is 15.6 Å². The summed E-state index contributed by atoms with van der Waals surface area (Å²) in [6, 6.07) is 5.06. The molecule has 1 fully saturated rings. The summed E-state index contributed by atoms with van der Waals surface area (Å²) >= 11 is 0. The van der Waals surface area contributed by atoms with Crippen molar-refractivity contribution in [2.45, 2.75) is 58.1 Å². The van der Waals surface area contributed by atoms with Gasteiger partial charge < -0.3 is 10.1 Å². The fourth-order valence-corrected chi connectivity index (χ4v) is 2.83. The van der Waals surface area contributed by atoms with Gasteiger partial charge in [-0.15, -0.1) is 0 Å². The van der Waals surface area contributed by atoms with Gasteiger partial charge in [0.05, 0.1) is 11.6 Å². The van der Waals surface area contributed by atoms with Gasteiger partial charge in [0.25, 0.3) is 0 Å². The molecule has 1 aliphatic rings. The van der Waals surface area contributed by atoms with Gasteiger partial charge in [-0.05, 0) is 52.2 Å². The molecule has 8 nitrogen and oxygen atoms in total. The number of carbonyl (C=O) groups excluding carboxylic acids is 2. The number of aromatic nitrogens is 1. The number of hydrogen-bond acceptors (Lipinski definition) is 6. The van der Waals surface area contributed by atoms with Crippen LogP contribution in [-0.4, -0.2) is 28.6 Å². The highest BCUT2D eigenvalue weighted by Crippen LogP contribution is 2.25. The number of alkyl carbamates (subject to hydrolysis) is 1. The van der Waals surface area contributed by atoms with Crippen LogP contribution in [0.25, 0.3) is 0 Å². The van der Waals surface area contributed by atoms with Crippen molar-refractivity contribution in [1.29, 1.82) is 5.26 Å². The van der Waals surface area contributed by atoms with E-state index >= 15 is 0 Å². The van der Waals surface area contributed by atoms with Crippen LogP contribution < -0.4 is 16.2 Å². The highest BCUT2D eigenvalue weighted by molar-refractivity contribution is 5.80. The van der Waals surface area contributed by atoms with Gasteiger partial charge in [0, 0.05) is 18.2 Å². The Hall–Kier alpha value is -2.82. The molecular formula is C18H25N5O3. The molecule has 140 valence electrons. The number of pyridine rings is 1. The van der Waals surface area contributed by atoms with Crippen molar-refractivity contribution in [3.8, 4) is 6.07 Å². The number of hydrogen-bond donors (Lipinski definition) is 3. The molecule has 0 radical (unpaired) electrons. The second kappa shape index (κ2) is 8.52. The fraction of sp³-hybridized carbons (Fsp3) is 0.556. The number of ether oxygens (including phenoxy) is 1. The molecule has 0 unspecified atom stereocenters. The average Bonchev–Trinajstić information content (AvgIpc) is 2.58. The van der Waals surface area contributed by atoms with Crippen LogP contribution in [-0.2, 0) is 9.53 Å². The first kappa shape index (κ1) is 19.5. The normalized spacial score (nSPS) is 19.8. The Bertz CT molecular complexity index is 693. The molecule has 1 saturated carbocycles. The van der Waals surface area contributed by atoms with Crippen molar-refractivity contribution in [3.05, 3.63) is 23.9 Å². The van der Waals surface area contributed by atoms with E-state index in [1.807, 2.05) is 26.8 Å². The minimum atomic E-state index is -0.551. The largest absolute Gasteiger partial charge is 0.444 e. The molecule has 8 heteroatoms. The number of nitriles is 1. The van der Waals surface area contributed by atoms with E-state index in [4.69, 9.17) is 10.00 Å². The maximum Gasteiger partial charge on any atom is 0.407 e. The van der Waals surface area contributed by atoms with Crippen LogP contribution in [0.5, 0.6) is 0 Å². The maximum atomic E-state index is 12.4. The summed E-state index contributed by atoms with van der Waals surface area (Å²) in [5.41, 5.74) is 5.26. The van der Waals surface area contributed by atoms with Gasteiger partial charge in [0.15, 0.2) is 0 Å². The van der Waals surface area contributed by atoms with E-state index in [1.165, 1.54) is 6.20 Å². The highest BCUT2D eigenvalue weighted by Gasteiger charge is 2.29. The van der Waals surface area contributed by atoms with Crippen LogP contribution in [0, 0.1) is 17.2 Å². The molecule has 2 amide bonds. The number of anilines is 1. The fourth-order valence-electron chi connectivity index (χ4n) is 2.83. The Morgan fingerprint density at radius 2 is 2.12 bits per heavy atom. The second-order valence-corrected chi connectivity index (χ2v) is 7.36. The second-order valence-electron chi connectivity index (χ2n) is 7.36. The summed E-state index contributed by atoms with van der Waals surface area (Å²) in [6.07, 6.45) is 4.01. The molecule has 0 aromatic carbocycles. The van der Waals surface area contributed by atoms with E-state index < -0.39 is 11.7 Å². The number of carbonyl (C=O) groups is 2. The Kier molecular flexibility index (Phi) is 6.39. The molecule has 26 heavy (non-hydrogen) atoms. The first-order chi connectivity index (χ1) is 12.3. The van der Waals surface area contributed by atoms with E-state index in [0.29, 0.717) is 17.8 Å². The third-order valence-corrected chi connectivity index (χ3v) is 3.97. The highest BCUT2D eigenvalue weighted by atomic mass is 16.6. The Morgan fingerprint density at radius 1 is 1.35 bits per heavy atom. The minimum absolute atomic E-state index is 0.0885. The third kappa shape index (κ3) is 6.24. The lowest BCUT2D eigenvalue weighted by Crippen LogP contribution is -2.45. The standard InChI is InChI=1S/C18H25N5O3/c1-18(2,3)26-17(25)21-14-6-4-5-13(10-14)16(24)23-22-15-9-12(11-19)7-8-20-15/h7-9,13-14H,4-6,10H2,1-3H3,(H,20,22)(H,21,25)(H,23,24)/t13-,14+/m0/s1. The monoisotopic (exact) mass is 359 g/mol. The van der Waals surface area contributed by atoms with Crippen LogP contribution in [0.3, 0.4) is 0 Å². The minimum Gasteiger partial charge on any atom is -0.444 e. The van der Waals surface area contributed by atoms with Crippen LogP contribution in [0.15, 0.2) is 18.3 Å². The number of amides is 2. The lowest BCUT2D eigenvalue weighted by atomic mass is 9.85. The SMILES string of the molecule is CC(C)(C)OC(=O)N[C@@H]1CCC[C@H](C(=O)NNc2cc(C#N)ccn2)C1. The van der Waals surface area contributed by atoms with E-state index in [2.05, 4.69) is 21.2 Å². The quantitative estimate of drug-likeness (QED) is 0.711. The predicted molar refractivity (Wildman–Crippen MR) is 95.8 cm³/mol. The van der Waals surface area contributed by atoms with Gasteiger partial charge >= 0.3 is 6.09 Å². The number of rotatable bonds is 4. The zero-order chi connectivity index (χ0) is 19.2. The predicted octanol–water partition coefficient (Wildman–Crippen LogP) is 2.48. The molecule has 0 bridgehead atoms. The van der Waals surface area contributed by atoms with E-state index in [-0.39, 0.29) is 17.9 Å². The van der Waals surface area contributed by atoms with E-state index in [1.54, 1.807) is 12.1 Å². The van der Waals surface area contributed by atoms with Crippen LogP contribution in [0.1, 0.15) is 52.0 Å². The summed E-state index contributed by atoms with van der Waals surface area (Å²) in [5, 5.41) is 11.7. The van der Waals surface area contributed by atoms with Gasteiger partial charge in [0.1, 0.15) is 11.4 Å². The van der Waals surface area contributed by atoms with Crippen LogP contribution in [0.4, 0.5) is 10.6 Å². The van der Waals surface area contributed by atoms with Crippen LogP contribution >= 0.6 is 0 Å². The van der Waals surface area contributed by atoms with Crippen molar-refractivity contribution in [1.82, 2.24) is 15.7 Å². The Labute approximate surface area is 153 Å². The molecule has 1 aliphatic carbocycles. The van der Waals surface area contributed by atoms with Crippen molar-refractivity contribution < 1.29 is 14.3 Å². The molecular weight excluding hydrogens is 334 g/mol. The summed E-state index contributed by atoms with van der Waals surface area (Å²) in [6.45, 7) is 5.43. The lowest BCUT2D eigenvalue weighted by Gasteiger charge is -2.30. The number of nitrogens with one attached hydrogen (secondary N) is 3. The van der Waals surface area contributed by atoms with Gasteiger partial charge in [-0.1, -0.05) is 6.42 Å². The first-order valence-corrected chi connectivity index (χ1v) is 8.68. The zero-order valence-electron chi connectivity index (χ0n) is 15.3. The molecule has 1 aromatic heterocycles. The summed E-state index contributed by atoms with van der Waals surface area (Å²) in [5.74, 6) is 0.0248. The molecule has 2 atom stereocenters. The lowest BCUT2D eigenvalue weighted by molar-refractivity contribution is -0.125. The molecule has 3 N–H and O–H groups in total. The van der Waals surface area contributed by atoms with Crippen molar-refractivity contribution in [2.75, 3.05) is 5.43 Å². The van der Waals surface area contributed by atoms with Crippen molar-refractivity contribution >= 4 is 17.8 Å². The molecule has 2 rings (SSSR count). The number of nitrogens with zero attached hydrogens (tertiary/aromatic N) is 2. The van der Waals surface area contributed by atoms with Crippen LogP contribution in [0.2, 0.25) is 0 Å². The molecule has 1 aromatic rings. The summed E-state index contributed by atoms with van der Waals surface area (Å²) < 4.78 is 5.27. The smallest absolute Gasteiger partial charge is 0.407 e. The maximum absolute atomic E-state index is 12.4. The number of hydrazine groups is 1. The zero-order valence-corrected chi connectivity index (χ0v) is 15.3. The van der Waals surface area contributed by atoms with Gasteiger partial charge in [0.2, 0.25) is 5.91 Å². The first-order valence-electron chi connectivity index (χ1n) is 8.68. The van der Waals surface area contributed by atoms with Crippen molar-refractivity contribution in [2.24, 2.45) is 5.92 Å². The van der Waals surface area contributed by atoms with E-state index in [0.717, 1.165) is 19.3 Å². The Balaban J connectivity index is 1.83. The molecule has 0 spiro atoms. The molecule has 1 heterocycles. The summed E-state index contributed by atoms with van der Waals surface area (Å²) in [7, 11) is 0. The van der Waals surface area contributed by atoms with Crippen molar-refractivity contribution in [3.63, 3.8) is 0 Å². The Morgan fingerprint density at radius 3 is 2.81 bits per heavy atom. The summed E-state index contributed by atoms with van der Waals surface area (Å²) in [4.78, 5) is 28.3. The molecule has 0 saturated heterocycles. The molecule has 0 aliphatic heterocycles. The van der Waals surface area contributed by atoms with Gasteiger partial charge in [-0.25, -0.2) is 9.78 Å². The average molecular weight is 359 g/mol.